The average molecular weight is 392 g/mol. The van der Waals surface area contributed by atoms with E-state index in [0.29, 0.717) is 48.4 Å². The number of amides is 1. The Hall–Kier alpha value is -3.06. The van der Waals surface area contributed by atoms with Crippen LogP contribution in [-0.2, 0) is 11.2 Å². The minimum absolute atomic E-state index is 0.00321. The summed E-state index contributed by atoms with van der Waals surface area (Å²) in [6, 6.07) is 7.65. The number of carbonyl (C=O) groups is 1. The van der Waals surface area contributed by atoms with E-state index in [1.165, 1.54) is 0 Å². The monoisotopic (exact) mass is 392 g/mol. The molecule has 0 atom stereocenters. The number of rotatable bonds is 4. The van der Waals surface area contributed by atoms with E-state index in [0.717, 1.165) is 11.1 Å². The fourth-order valence-corrected chi connectivity index (χ4v) is 3.62. The van der Waals surface area contributed by atoms with Crippen LogP contribution >= 0.6 is 0 Å². The van der Waals surface area contributed by atoms with Gasteiger partial charge in [-0.05, 0) is 38.0 Å². The molecule has 0 unspecified atom stereocenters. The zero-order chi connectivity index (χ0) is 20.4. The molecule has 0 radical (unpaired) electrons. The van der Waals surface area contributed by atoms with E-state index in [9.17, 15) is 9.90 Å². The summed E-state index contributed by atoms with van der Waals surface area (Å²) in [7, 11) is 1.59. The molecule has 3 heterocycles. The van der Waals surface area contributed by atoms with Gasteiger partial charge >= 0.3 is 0 Å². The van der Waals surface area contributed by atoms with Crippen LogP contribution in [0.3, 0.4) is 0 Å². The van der Waals surface area contributed by atoms with Crippen molar-refractivity contribution in [1.82, 2.24) is 19.9 Å². The molecule has 7 heteroatoms. The lowest BCUT2D eigenvalue weighted by Crippen LogP contribution is -2.45. The van der Waals surface area contributed by atoms with Gasteiger partial charge in [0, 0.05) is 42.8 Å². The molecule has 150 valence electrons. The molecule has 1 aromatic carbocycles. The van der Waals surface area contributed by atoms with Gasteiger partial charge in [-0.15, -0.1) is 0 Å². The van der Waals surface area contributed by atoms with E-state index < -0.39 is 5.60 Å². The molecule has 1 saturated heterocycles. The summed E-state index contributed by atoms with van der Waals surface area (Å²) in [6.07, 6.45) is 6.51. The highest BCUT2D eigenvalue weighted by molar-refractivity contribution is 5.95. The van der Waals surface area contributed by atoms with Crippen LogP contribution in [0.25, 0.3) is 22.2 Å². The topological polar surface area (TPSA) is 88.4 Å². The summed E-state index contributed by atoms with van der Waals surface area (Å²) < 4.78 is 5.48. The number of nitrogens with zero attached hydrogens (tertiary/aromatic N) is 4. The van der Waals surface area contributed by atoms with Crippen LogP contribution < -0.4 is 4.74 Å². The minimum atomic E-state index is -0.685. The number of methoxy groups -OCH3 is 1. The fraction of sp³-hybridized carbons (Fsp3) is 0.364. The second-order valence-corrected chi connectivity index (χ2v) is 7.67. The first kappa shape index (κ1) is 19.3. The molecule has 0 spiro atoms. The number of aliphatic hydroxyl groups is 1. The van der Waals surface area contributed by atoms with Crippen molar-refractivity contribution in [2.75, 3.05) is 20.2 Å². The average Bonchev–Trinajstić information content (AvgIpc) is 2.73. The van der Waals surface area contributed by atoms with Crippen molar-refractivity contribution in [3.63, 3.8) is 0 Å². The smallest absolute Gasteiger partial charge is 0.228 e. The normalized spacial score (nSPS) is 16.0. The molecule has 7 nitrogen and oxygen atoms in total. The number of pyridine rings is 1. The molecular weight excluding hydrogens is 368 g/mol. The lowest BCUT2D eigenvalue weighted by Gasteiger charge is -2.35. The Bertz CT molecular complexity index is 1030. The lowest BCUT2D eigenvalue weighted by atomic mass is 9.93. The van der Waals surface area contributed by atoms with Crippen molar-refractivity contribution in [2.24, 2.45) is 0 Å². The summed E-state index contributed by atoms with van der Waals surface area (Å²) in [5.74, 6) is 0.611. The summed E-state index contributed by atoms with van der Waals surface area (Å²) >= 11 is 0. The number of benzene rings is 1. The third-order valence-electron chi connectivity index (χ3n) is 5.43. The number of ether oxygens (including phenoxy) is 1. The molecule has 1 amide bonds. The molecule has 4 rings (SSSR count). The van der Waals surface area contributed by atoms with Gasteiger partial charge in [-0.2, -0.15) is 0 Å². The van der Waals surface area contributed by atoms with Crippen molar-refractivity contribution in [1.29, 1.82) is 0 Å². The Morgan fingerprint density at radius 3 is 2.69 bits per heavy atom. The van der Waals surface area contributed by atoms with Gasteiger partial charge in [-0.1, -0.05) is 6.07 Å². The maximum atomic E-state index is 12.7. The third kappa shape index (κ3) is 4.05. The lowest BCUT2D eigenvalue weighted by molar-refractivity contribution is -0.134. The first-order chi connectivity index (χ1) is 14.0. The minimum Gasteiger partial charge on any atom is -0.494 e. The molecule has 2 aromatic heterocycles. The van der Waals surface area contributed by atoms with Crippen LogP contribution in [-0.4, -0.2) is 56.7 Å². The van der Waals surface area contributed by atoms with E-state index >= 15 is 0 Å². The zero-order valence-corrected chi connectivity index (χ0v) is 16.6. The first-order valence-electron chi connectivity index (χ1n) is 9.70. The number of carbonyl (C=O) groups excluding carboxylic acids is 1. The number of fused-ring (bicyclic) bond motifs is 1. The summed E-state index contributed by atoms with van der Waals surface area (Å²) in [6.45, 7) is 2.93. The first-order valence-corrected chi connectivity index (χ1v) is 9.70. The maximum absolute atomic E-state index is 12.7. The Kier molecular flexibility index (Phi) is 5.15. The van der Waals surface area contributed by atoms with E-state index in [4.69, 9.17) is 9.72 Å². The van der Waals surface area contributed by atoms with E-state index in [1.54, 1.807) is 30.6 Å². The van der Waals surface area contributed by atoms with Crippen LogP contribution in [0.5, 0.6) is 5.75 Å². The Morgan fingerprint density at radius 2 is 2.00 bits per heavy atom. The maximum Gasteiger partial charge on any atom is 0.228 e. The van der Waals surface area contributed by atoms with Crippen molar-refractivity contribution >= 4 is 16.9 Å². The molecule has 1 aliphatic heterocycles. The van der Waals surface area contributed by atoms with Crippen LogP contribution in [0.2, 0.25) is 0 Å². The standard InChI is InChI=1S/C22H24N4O3/c1-22(28)7-10-26(11-8-22)19(27)12-16-14-24-20-17(15-4-3-9-23-13-15)5-6-18(29-2)21(20)25-16/h3-6,9,13-14,28H,7-8,10-12H2,1-2H3. The Labute approximate surface area is 169 Å². The molecule has 3 aromatic rings. The van der Waals surface area contributed by atoms with Crippen molar-refractivity contribution in [2.45, 2.75) is 31.8 Å². The largest absolute Gasteiger partial charge is 0.494 e. The quantitative estimate of drug-likeness (QED) is 0.734. The number of likely N-dealkylation sites (tertiary alicyclic amines) is 1. The van der Waals surface area contributed by atoms with Crippen LogP contribution in [0.15, 0.2) is 42.9 Å². The highest BCUT2D eigenvalue weighted by atomic mass is 16.5. The Balaban J connectivity index is 1.63. The second kappa shape index (κ2) is 7.75. The highest BCUT2D eigenvalue weighted by Crippen LogP contribution is 2.32. The van der Waals surface area contributed by atoms with Gasteiger partial charge < -0.3 is 14.7 Å². The molecule has 29 heavy (non-hydrogen) atoms. The summed E-state index contributed by atoms with van der Waals surface area (Å²) in [4.78, 5) is 28.0. The molecule has 1 aliphatic rings. The van der Waals surface area contributed by atoms with Gasteiger partial charge in [0.2, 0.25) is 5.91 Å². The van der Waals surface area contributed by atoms with Crippen molar-refractivity contribution in [3.8, 4) is 16.9 Å². The summed E-state index contributed by atoms with van der Waals surface area (Å²) in [5.41, 5.74) is 3.11. The number of piperidine rings is 1. The van der Waals surface area contributed by atoms with Gasteiger partial charge in [0.1, 0.15) is 16.8 Å². The number of hydrogen-bond donors (Lipinski definition) is 1. The van der Waals surface area contributed by atoms with Gasteiger partial charge in [0.25, 0.3) is 0 Å². The van der Waals surface area contributed by atoms with Gasteiger partial charge in [0.15, 0.2) is 0 Å². The van der Waals surface area contributed by atoms with Crippen LogP contribution in [0.1, 0.15) is 25.5 Å². The second-order valence-electron chi connectivity index (χ2n) is 7.67. The van der Waals surface area contributed by atoms with E-state index in [-0.39, 0.29) is 12.3 Å². The molecular formula is C22H24N4O3. The van der Waals surface area contributed by atoms with Crippen LogP contribution in [0.4, 0.5) is 0 Å². The third-order valence-corrected chi connectivity index (χ3v) is 5.43. The zero-order valence-electron chi connectivity index (χ0n) is 16.6. The van der Waals surface area contributed by atoms with E-state index in [1.807, 2.05) is 31.2 Å². The summed E-state index contributed by atoms with van der Waals surface area (Å²) in [5, 5.41) is 10.1. The van der Waals surface area contributed by atoms with Crippen molar-refractivity contribution < 1.29 is 14.6 Å². The predicted octanol–water partition coefficient (Wildman–Crippen LogP) is 2.62. The molecule has 0 aliphatic carbocycles. The number of hydrogen-bond acceptors (Lipinski definition) is 6. The highest BCUT2D eigenvalue weighted by Gasteiger charge is 2.29. The predicted molar refractivity (Wildman–Crippen MR) is 109 cm³/mol. The van der Waals surface area contributed by atoms with Crippen LogP contribution in [0, 0.1) is 0 Å². The Morgan fingerprint density at radius 1 is 1.21 bits per heavy atom. The van der Waals surface area contributed by atoms with Gasteiger partial charge in [-0.25, -0.2) is 4.98 Å². The molecule has 0 bridgehead atoms. The molecule has 1 N–H and O–H groups in total. The SMILES string of the molecule is COc1ccc(-c2cccnc2)c2ncc(CC(=O)N3CCC(C)(O)CC3)nc12. The number of aromatic nitrogens is 3. The fourth-order valence-electron chi connectivity index (χ4n) is 3.62. The van der Waals surface area contributed by atoms with Gasteiger partial charge in [-0.3, -0.25) is 14.8 Å². The van der Waals surface area contributed by atoms with Gasteiger partial charge in [0.05, 0.1) is 24.8 Å². The van der Waals surface area contributed by atoms with Crippen molar-refractivity contribution in [3.05, 3.63) is 48.5 Å². The van der Waals surface area contributed by atoms with E-state index in [2.05, 4.69) is 9.97 Å². The molecule has 1 fully saturated rings. The molecule has 0 saturated carbocycles.